The number of hydrogen-bond donors (Lipinski definition) is 0. The zero-order chi connectivity index (χ0) is 19.1. The number of fused-ring (bicyclic) bond motifs is 2. The maximum Gasteiger partial charge on any atom is 0.352 e. The summed E-state index contributed by atoms with van der Waals surface area (Å²) in [6.07, 6.45) is -0.771. The van der Waals surface area contributed by atoms with Gasteiger partial charge in [-0.2, -0.15) is 0 Å². The Labute approximate surface area is 153 Å². The summed E-state index contributed by atoms with van der Waals surface area (Å²) in [4.78, 5) is 55.5. The van der Waals surface area contributed by atoms with Crippen LogP contribution in [0.3, 0.4) is 0 Å². The lowest BCUT2D eigenvalue weighted by atomic mass is 10.1. The van der Waals surface area contributed by atoms with Gasteiger partial charge in [-0.05, 0) is 31.2 Å². The molecule has 2 aliphatic rings. The molecule has 0 spiro atoms. The highest BCUT2D eigenvalue weighted by Crippen LogP contribution is 2.33. The van der Waals surface area contributed by atoms with E-state index < -0.39 is 36.3 Å². The van der Waals surface area contributed by atoms with E-state index in [1.807, 2.05) is 0 Å². The molecule has 2 aromatic rings. The summed E-state index contributed by atoms with van der Waals surface area (Å²) in [5, 5.41) is 0.424. The molecule has 0 saturated heterocycles. The largest absolute Gasteiger partial charge is 0.479 e. The van der Waals surface area contributed by atoms with Gasteiger partial charge in [-0.25, -0.2) is 4.79 Å². The van der Waals surface area contributed by atoms with Gasteiger partial charge in [0, 0.05) is 0 Å². The number of amides is 3. The number of hydroxylamine groups is 2. The number of para-hydroxylation sites is 2. The Hall–Kier alpha value is -3.68. The van der Waals surface area contributed by atoms with Crippen LogP contribution >= 0.6 is 0 Å². The molecule has 0 radical (unpaired) electrons. The van der Waals surface area contributed by atoms with Crippen LogP contribution in [0, 0.1) is 0 Å². The first-order valence-electron chi connectivity index (χ1n) is 8.23. The fourth-order valence-corrected chi connectivity index (χ4v) is 3.03. The van der Waals surface area contributed by atoms with Crippen molar-refractivity contribution in [1.82, 2.24) is 5.06 Å². The molecule has 3 amide bonds. The molecule has 1 atom stereocenters. The monoisotopic (exact) mass is 366 g/mol. The quantitative estimate of drug-likeness (QED) is 0.766. The minimum atomic E-state index is -0.915. The van der Waals surface area contributed by atoms with Crippen molar-refractivity contribution < 1.29 is 28.8 Å². The van der Waals surface area contributed by atoms with Crippen LogP contribution in [0.5, 0.6) is 5.75 Å². The molecular formula is C19H14N2O6. The van der Waals surface area contributed by atoms with E-state index >= 15 is 0 Å². The molecule has 0 saturated carbocycles. The van der Waals surface area contributed by atoms with Crippen molar-refractivity contribution in [2.45, 2.75) is 13.0 Å². The van der Waals surface area contributed by atoms with E-state index in [1.165, 1.54) is 17.0 Å². The predicted molar refractivity (Wildman–Crippen MR) is 91.9 cm³/mol. The molecule has 2 aliphatic heterocycles. The second-order valence-corrected chi connectivity index (χ2v) is 6.07. The first kappa shape index (κ1) is 16.8. The molecule has 2 aromatic carbocycles. The Balaban J connectivity index is 1.53. The average Bonchev–Trinajstić information content (AvgIpc) is 2.91. The Bertz CT molecular complexity index is 951. The van der Waals surface area contributed by atoms with Gasteiger partial charge < -0.3 is 9.57 Å². The lowest BCUT2D eigenvalue weighted by Crippen LogP contribution is -2.48. The highest BCUT2D eigenvalue weighted by molar-refractivity contribution is 6.21. The number of nitrogens with zero attached hydrogens (tertiary/aromatic N) is 2. The Morgan fingerprint density at radius 2 is 1.59 bits per heavy atom. The molecule has 8 heteroatoms. The summed E-state index contributed by atoms with van der Waals surface area (Å²) in [6.45, 7) is 1.11. The highest BCUT2D eigenvalue weighted by Gasteiger charge is 2.40. The number of carbonyl (C=O) groups is 4. The van der Waals surface area contributed by atoms with Gasteiger partial charge in [0.1, 0.15) is 12.3 Å². The van der Waals surface area contributed by atoms with Gasteiger partial charge in [0.25, 0.3) is 17.7 Å². The van der Waals surface area contributed by atoms with E-state index in [1.54, 1.807) is 43.3 Å². The lowest BCUT2D eigenvalue weighted by molar-refractivity contribution is -0.167. The third-order valence-electron chi connectivity index (χ3n) is 4.31. The molecular weight excluding hydrogens is 352 g/mol. The maximum atomic E-state index is 12.4. The smallest absolute Gasteiger partial charge is 0.352 e. The van der Waals surface area contributed by atoms with Gasteiger partial charge in [-0.1, -0.05) is 29.3 Å². The summed E-state index contributed by atoms with van der Waals surface area (Å²) < 4.78 is 5.50. The van der Waals surface area contributed by atoms with Gasteiger partial charge in [0.15, 0.2) is 6.10 Å². The minimum Gasteiger partial charge on any atom is -0.479 e. The van der Waals surface area contributed by atoms with Crippen molar-refractivity contribution in [2.75, 3.05) is 11.4 Å². The zero-order valence-electron chi connectivity index (χ0n) is 14.2. The lowest BCUT2D eigenvalue weighted by Gasteiger charge is -2.32. The van der Waals surface area contributed by atoms with Gasteiger partial charge in [-0.3, -0.25) is 19.3 Å². The summed E-state index contributed by atoms with van der Waals surface area (Å²) in [5.74, 6) is -2.31. The van der Waals surface area contributed by atoms with E-state index in [0.29, 0.717) is 16.5 Å². The van der Waals surface area contributed by atoms with E-state index in [4.69, 9.17) is 9.57 Å². The highest BCUT2D eigenvalue weighted by atomic mass is 16.7. The molecule has 0 N–H and O–H groups in total. The van der Waals surface area contributed by atoms with Gasteiger partial charge in [-0.15, -0.1) is 0 Å². The topological polar surface area (TPSA) is 93.2 Å². The number of hydrogen-bond acceptors (Lipinski definition) is 6. The number of rotatable bonds is 3. The molecule has 0 aliphatic carbocycles. The van der Waals surface area contributed by atoms with Crippen LogP contribution in [0.25, 0.3) is 0 Å². The molecule has 27 heavy (non-hydrogen) atoms. The zero-order valence-corrected chi connectivity index (χ0v) is 14.2. The van der Waals surface area contributed by atoms with Gasteiger partial charge >= 0.3 is 5.97 Å². The summed E-state index contributed by atoms with van der Waals surface area (Å²) >= 11 is 0. The number of imide groups is 1. The van der Waals surface area contributed by atoms with Gasteiger partial charge in [0.05, 0.1) is 16.8 Å². The Kier molecular flexibility index (Phi) is 3.88. The molecule has 0 bridgehead atoms. The van der Waals surface area contributed by atoms with Crippen LogP contribution < -0.4 is 9.64 Å². The van der Waals surface area contributed by atoms with E-state index in [9.17, 15) is 19.2 Å². The van der Waals surface area contributed by atoms with Crippen LogP contribution in [0.15, 0.2) is 48.5 Å². The van der Waals surface area contributed by atoms with Gasteiger partial charge in [0.2, 0.25) is 0 Å². The third kappa shape index (κ3) is 2.71. The number of carbonyl (C=O) groups excluding carboxylic acids is 4. The molecule has 1 unspecified atom stereocenters. The number of benzene rings is 2. The first-order valence-corrected chi connectivity index (χ1v) is 8.23. The molecule has 2 heterocycles. The van der Waals surface area contributed by atoms with Crippen molar-refractivity contribution in [2.24, 2.45) is 0 Å². The molecule has 4 rings (SSSR count). The number of ether oxygens (including phenoxy) is 1. The second kappa shape index (κ2) is 6.24. The Morgan fingerprint density at radius 1 is 1.00 bits per heavy atom. The SMILES string of the molecule is CC1Oc2ccccc2N(CC(=O)ON2C(=O)c3ccccc3C2=O)C1=O. The van der Waals surface area contributed by atoms with Crippen LogP contribution in [0.4, 0.5) is 5.69 Å². The van der Waals surface area contributed by atoms with Crippen molar-refractivity contribution in [1.29, 1.82) is 0 Å². The maximum absolute atomic E-state index is 12.4. The van der Waals surface area contributed by atoms with E-state index in [2.05, 4.69) is 0 Å². The summed E-state index contributed by atoms with van der Waals surface area (Å²) in [7, 11) is 0. The van der Waals surface area contributed by atoms with Crippen LogP contribution in [0.2, 0.25) is 0 Å². The third-order valence-corrected chi connectivity index (χ3v) is 4.31. The van der Waals surface area contributed by atoms with Crippen LogP contribution in [0.1, 0.15) is 27.6 Å². The standard InChI is InChI=1S/C19H14N2O6/c1-11-17(23)20(14-8-4-5-9-15(14)26-11)10-16(22)27-21-18(24)12-6-2-3-7-13(12)19(21)25/h2-9,11H,10H2,1H3. The Morgan fingerprint density at radius 3 is 2.26 bits per heavy atom. The van der Waals surface area contributed by atoms with Crippen LogP contribution in [-0.2, 0) is 14.4 Å². The average molecular weight is 366 g/mol. The molecule has 0 aromatic heterocycles. The van der Waals surface area contributed by atoms with Crippen molar-refractivity contribution in [3.05, 3.63) is 59.7 Å². The normalized spacial score (nSPS) is 18.1. The predicted octanol–water partition coefficient (Wildman–Crippen LogP) is 1.55. The fraction of sp³-hybridized carbons (Fsp3) is 0.158. The van der Waals surface area contributed by atoms with Crippen LogP contribution in [-0.4, -0.2) is 41.4 Å². The van der Waals surface area contributed by atoms with Crippen molar-refractivity contribution in [3.8, 4) is 5.75 Å². The fourth-order valence-electron chi connectivity index (χ4n) is 3.03. The molecule has 8 nitrogen and oxygen atoms in total. The second-order valence-electron chi connectivity index (χ2n) is 6.07. The van der Waals surface area contributed by atoms with Crippen molar-refractivity contribution in [3.63, 3.8) is 0 Å². The number of anilines is 1. The molecule has 136 valence electrons. The van der Waals surface area contributed by atoms with Crippen molar-refractivity contribution >= 4 is 29.4 Å². The first-order chi connectivity index (χ1) is 13.0. The van der Waals surface area contributed by atoms with E-state index in [0.717, 1.165) is 0 Å². The minimum absolute atomic E-state index is 0.164. The van der Waals surface area contributed by atoms with E-state index in [-0.39, 0.29) is 11.1 Å². The molecule has 0 fully saturated rings. The summed E-state index contributed by atoms with van der Waals surface area (Å²) in [6, 6.07) is 12.9. The summed E-state index contributed by atoms with van der Waals surface area (Å²) in [5.41, 5.74) is 0.744.